The molecule has 0 aliphatic carbocycles. The number of halogens is 2. The van der Waals surface area contributed by atoms with Crippen LogP contribution in [0.15, 0.2) is 18.2 Å². The van der Waals surface area contributed by atoms with Gasteiger partial charge in [0.2, 0.25) is 11.8 Å². The molecular formula is C15H24Cl2N4O2. The molecule has 6 nitrogen and oxygen atoms in total. The number of piperidine rings is 1. The second-order valence-electron chi connectivity index (χ2n) is 5.36. The number of nitrogens with zero attached hydrogens (tertiary/aromatic N) is 2. The fourth-order valence-corrected chi connectivity index (χ4v) is 2.52. The van der Waals surface area contributed by atoms with E-state index in [4.69, 9.17) is 0 Å². The topological polar surface area (TPSA) is 74.3 Å². The van der Waals surface area contributed by atoms with E-state index in [2.05, 4.69) is 15.6 Å². The number of nitrogens with one attached hydrogen (secondary N) is 2. The third-order valence-corrected chi connectivity index (χ3v) is 3.61. The first-order valence-electron chi connectivity index (χ1n) is 7.27. The summed E-state index contributed by atoms with van der Waals surface area (Å²) in [6.45, 7) is 3.41. The Kier molecular flexibility index (Phi) is 9.79. The molecule has 1 atom stereocenters. The van der Waals surface area contributed by atoms with Crippen molar-refractivity contribution in [3.63, 3.8) is 0 Å². The Bertz CT molecular complexity index is 528. The molecule has 2 heterocycles. The van der Waals surface area contributed by atoms with Gasteiger partial charge in [-0.2, -0.15) is 0 Å². The highest BCUT2D eigenvalue weighted by molar-refractivity contribution is 5.92. The molecule has 130 valence electrons. The Morgan fingerprint density at radius 3 is 2.74 bits per heavy atom. The molecule has 0 bridgehead atoms. The van der Waals surface area contributed by atoms with E-state index < -0.39 is 0 Å². The number of carbonyl (C=O) groups is 2. The number of anilines is 1. The highest BCUT2D eigenvalue weighted by Gasteiger charge is 2.28. The van der Waals surface area contributed by atoms with Crippen molar-refractivity contribution in [2.75, 3.05) is 32.0 Å². The molecule has 0 saturated carbocycles. The van der Waals surface area contributed by atoms with Crippen molar-refractivity contribution in [3.05, 3.63) is 23.9 Å². The van der Waals surface area contributed by atoms with Crippen LogP contribution in [0, 0.1) is 12.8 Å². The number of likely N-dealkylation sites (tertiary alicyclic amines) is 1. The molecule has 2 N–H and O–H groups in total. The number of hydrogen-bond acceptors (Lipinski definition) is 4. The molecule has 8 heteroatoms. The van der Waals surface area contributed by atoms with Gasteiger partial charge in [-0.1, -0.05) is 6.07 Å². The minimum atomic E-state index is -0.165. The summed E-state index contributed by atoms with van der Waals surface area (Å²) >= 11 is 0. The van der Waals surface area contributed by atoms with Crippen LogP contribution in [-0.2, 0) is 9.59 Å². The number of hydrogen-bond donors (Lipinski definition) is 2. The van der Waals surface area contributed by atoms with Crippen LogP contribution in [0.4, 0.5) is 5.82 Å². The molecule has 1 unspecified atom stereocenters. The van der Waals surface area contributed by atoms with Crippen LogP contribution in [0.2, 0.25) is 0 Å². The Morgan fingerprint density at radius 1 is 1.35 bits per heavy atom. The van der Waals surface area contributed by atoms with E-state index in [0.29, 0.717) is 18.9 Å². The van der Waals surface area contributed by atoms with Crippen molar-refractivity contribution in [3.8, 4) is 0 Å². The Morgan fingerprint density at radius 2 is 2.09 bits per heavy atom. The summed E-state index contributed by atoms with van der Waals surface area (Å²) in [6, 6.07) is 5.52. The Balaban J connectivity index is 0.00000242. The van der Waals surface area contributed by atoms with Gasteiger partial charge >= 0.3 is 0 Å². The summed E-state index contributed by atoms with van der Waals surface area (Å²) in [6.07, 6.45) is 1.66. The maximum absolute atomic E-state index is 12.3. The number of amides is 2. The fraction of sp³-hybridized carbons (Fsp3) is 0.533. The molecule has 0 spiro atoms. The number of carbonyl (C=O) groups excluding carboxylic acids is 2. The van der Waals surface area contributed by atoms with Crippen LogP contribution in [0.3, 0.4) is 0 Å². The summed E-state index contributed by atoms with van der Waals surface area (Å²) in [5.74, 6) is 0.388. The number of pyridine rings is 1. The summed E-state index contributed by atoms with van der Waals surface area (Å²) in [5.41, 5.74) is 0.863. The second-order valence-corrected chi connectivity index (χ2v) is 5.36. The number of rotatable bonds is 4. The van der Waals surface area contributed by atoms with Crippen molar-refractivity contribution < 1.29 is 9.59 Å². The average Bonchev–Trinajstić information content (AvgIpc) is 2.47. The minimum absolute atomic E-state index is 0. The summed E-state index contributed by atoms with van der Waals surface area (Å²) in [4.78, 5) is 30.2. The third kappa shape index (κ3) is 6.33. The van der Waals surface area contributed by atoms with Gasteiger partial charge in [0.1, 0.15) is 5.82 Å². The molecule has 2 amide bonds. The first kappa shape index (κ1) is 21.6. The highest BCUT2D eigenvalue weighted by Crippen LogP contribution is 2.18. The predicted molar refractivity (Wildman–Crippen MR) is 95.3 cm³/mol. The summed E-state index contributed by atoms with van der Waals surface area (Å²) < 4.78 is 0. The van der Waals surface area contributed by atoms with Gasteiger partial charge in [0.25, 0.3) is 0 Å². The van der Waals surface area contributed by atoms with E-state index in [1.54, 1.807) is 18.0 Å². The van der Waals surface area contributed by atoms with Crippen molar-refractivity contribution in [1.82, 2.24) is 15.2 Å². The maximum atomic E-state index is 12.3. The number of aromatic nitrogens is 1. The van der Waals surface area contributed by atoms with Gasteiger partial charge in [-0.05, 0) is 38.9 Å². The van der Waals surface area contributed by atoms with Gasteiger partial charge in [0.05, 0.1) is 12.5 Å². The lowest BCUT2D eigenvalue weighted by molar-refractivity contribution is -0.133. The summed E-state index contributed by atoms with van der Waals surface area (Å²) in [5, 5.41) is 5.69. The Hall–Kier alpha value is -1.37. The smallest absolute Gasteiger partial charge is 0.236 e. The monoisotopic (exact) mass is 362 g/mol. The zero-order valence-corrected chi connectivity index (χ0v) is 15.0. The molecular weight excluding hydrogens is 339 g/mol. The zero-order valence-electron chi connectivity index (χ0n) is 13.4. The molecule has 23 heavy (non-hydrogen) atoms. The molecule has 1 saturated heterocycles. The van der Waals surface area contributed by atoms with Crippen LogP contribution in [-0.4, -0.2) is 48.4 Å². The maximum Gasteiger partial charge on any atom is 0.236 e. The molecule has 1 aliphatic heterocycles. The molecule has 1 aromatic heterocycles. The van der Waals surface area contributed by atoms with Gasteiger partial charge in [0.15, 0.2) is 0 Å². The molecule has 1 aromatic rings. The normalized spacial score (nSPS) is 16.8. The van der Waals surface area contributed by atoms with Gasteiger partial charge in [-0.15, -0.1) is 24.8 Å². The first-order valence-corrected chi connectivity index (χ1v) is 7.27. The average molecular weight is 363 g/mol. The van der Waals surface area contributed by atoms with E-state index >= 15 is 0 Å². The third-order valence-electron chi connectivity index (χ3n) is 3.61. The standard InChI is InChI=1S/C15H22N4O2.2ClH/c1-11-5-3-7-13(17-11)18-15(21)12-6-4-8-19(10-12)14(20)9-16-2;;/h3,5,7,12,16H,4,6,8-10H2,1-2H3,(H,17,18,21);2*1H. The van der Waals surface area contributed by atoms with Gasteiger partial charge in [0, 0.05) is 18.8 Å². The van der Waals surface area contributed by atoms with Crippen LogP contribution >= 0.6 is 24.8 Å². The van der Waals surface area contributed by atoms with Crippen molar-refractivity contribution in [2.24, 2.45) is 5.92 Å². The lowest BCUT2D eigenvalue weighted by Gasteiger charge is -2.32. The minimum Gasteiger partial charge on any atom is -0.341 e. The fourth-order valence-electron chi connectivity index (χ4n) is 2.52. The van der Waals surface area contributed by atoms with Crippen LogP contribution < -0.4 is 10.6 Å². The molecule has 1 aliphatic rings. The molecule has 0 aromatic carbocycles. The summed E-state index contributed by atoms with van der Waals surface area (Å²) in [7, 11) is 1.75. The van der Waals surface area contributed by atoms with Crippen LogP contribution in [0.1, 0.15) is 18.5 Å². The number of aryl methyl sites for hydroxylation is 1. The Labute approximate surface area is 149 Å². The van der Waals surface area contributed by atoms with E-state index in [1.807, 2.05) is 19.1 Å². The zero-order chi connectivity index (χ0) is 15.2. The lowest BCUT2D eigenvalue weighted by atomic mass is 9.97. The first-order chi connectivity index (χ1) is 10.1. The lowest BCUT2D eigenvalue weighted by Crippen LogP contribution is -2.46. The quantitative estimate of drug-likeness (QED) is 0.853. The molecule has 0 radical (unpaired) electrons. The predicted octanol–water partition coefficient (Wildman–Crippen LogP) is 1.63. The van der Waals surface area contributed by atoms with Crippen LogP contribution in [0.25, 0.3) is 0 Å². The number of likely N-dealkylation sites (N-methyl/N-ethyl adjacent to an activating group) is 1. The molecule has 2 rings (SSSR count). The van der Waals surface area contributed by atoms with E-state index in [1.165, 1.54) is 0 Å². The van der Waals surface area contributed by atoms with Crippen molar-refractivity contribution in [2.45, 2.75) is 19.8 Å². The van der Waals surface area contributed by atoms with Gasteiger partial charge in [-0.3, -0.25) is 9.59 Å². The van der Waals surface area contributed by atoms with E-state index in [0.717, 1.165) is 25.1 Å². The SMILES string of the molecule is CNCC(=O)N1CCCC(C(=O)Nc2cccc(C)n2)C1.Cl.Cl. The van der Waals surface area contributed by atoms with E-state index in [-0.39, 0.29) is 42.5 Å². The largest absolute Gasteiger partial charge is 0.341 e. The van der Waals surface area contributed by atoms with Gasteiger partial charge in [-0.25, -0.2) is 4.98 Å². The van der Waals surface area contributed by atoms with E-state index in [9.17, 15) is 9.59 Å². The van der Waals surface area contributed by atoms with Crippen molar-refractivity contribution in [1.29, 1.82) is 0 Å². The second kappa shape index (κ2) is 10.4. The molecule has 1 fully saturated rings. The van der Waals surface area contributed by atoms with Crippen molar-refractivity contribution >= 4 is 42.4 Å². The highest BCUT2D eigenvalue weighted by atomic mass is 35.5. The van der Waals surface area contributed by atoms with Crippen LogP contribution in [0.5, 0.6) is 0 Å². The van der Waals surface area contributed by atoms with Gasteiger partial charge < -0.3 is 15.5 Å².